The maximum atomic E-state index is 12.0. The number of pyridine rings is 1. The smallest absolute Gasteiger partial charge is 0.224 e. The fraction of sp³-hybridized carbons (Fsp3) is 0.368. The second-order valence-electron chi connectivity index (χ2n) is 5.68. The summed E-state index contributed by atoms with van der Waals surface area (Å²) in [6.07, 6.45) is 8.08. The average molecular weight is 400 g/mol. The molecule has 26 heavy (non-hydrogen) atoms. The van der Waals surface area contributed by atoms with Gasteiger partial charge in [0.25, 0.3) is 0 Å². The first kappa shape index (κ1) is 24.2. The highest BCUT2D eigenvalue weighted by atomic mass is 35.5. The molecule has 0 radical (unpaired) electrons. The van der Waals surface area contributed by atoms with Crippen LogP contribution in [-0.4, -0.2) is 17.4 Å². The lowest BCUT2D eigenvalue weighted by atomic mass is 10.1. The van der Waals surface area contributed by atoms with Gasteiger partial charge in [0.15, 0.2) is 0 Å². The molecule has 1 amide bonds. The maximum absolute atomic E-state index is 12.0. The first-order valence-electron chi connectivity index (χ1n) is 8.39. The zero-order valence-corrected chi connectivity index (χ0v) is 16.4. The molecular weight excluding hydrogens is 373 g/mol. The van der Waals surface area contributed by atoms with E-state index >= 15 is 0 Å². The number of nitrogens with zero attached hydrogens (tertiary/aromatic N) is 1. The number of halogens is 2. The number of amides is 1. The number of benzene rings is 1. The molecule has 0 bridgehead atoms. The van der Waals surface area contributed by atoms with Gasteiger partial charge in [-0.3, -0.25) is 9.78 Å². The van der Waals surface area contributed by atoms with E-state index in [-0.39, 0.29) is 30.7 Å². The Bertz CT molecular complexity index is 627. The van der Waals surface area contributed by atoms with E-state index < -0.39 is 0 Å². The third kappa shape index (κ3) is 9.61. The molecule has 0 fully saturated rings. The topological polar surface area (TPSA) is 77.2 Å². The molecule has 2 aromatic rings. The SMILES string of the molecule is Cl.Cl.NCCCCCCC(=O)Nc1cccc(OCc2cccnc2)c1. The normalized spacial score (nSPS) is 9.58. The van der Waals surface area contributed by atoms with E-state index in [1.807, 2.05) is 36.4 Å². The summed E-state index contributed by atoms with van der Waals surface area (Å²) in [6, 6.07) is 11.3. The van der Waals surface area contributed by atoms with Crippen molar-refractivity contribution in [2.24, 2.45) is 5.73 Å². The molecule has 5 nitrogen and oxygen atoms in total. The average Bonchev–Trinajstić information content (AvgIpc) is 2.61. The van der Waals surface area contributed by atoms with Crippen molar-refractivity contribution in [2.75, 3.05) is 11.9 Å². The van der Waals surface area contributed by atoms with Crippen LogP contribution in [0.3, 0.4) is 0 Å². The first-order chi connectivity index (χ1) is 11.8. The molecule has 1 aromatic carbocycles. The fourth-order valence-corrected chi connectivity index (χ4v) is 2.32. The Balaban J connectivity index is 0.00000312. The molecule has 0 aliphatic heterocycles. The third-order valence-electron chi connectivity index (χ3n) is 3.60. The van der Waals surface area contributed by atoms with E-state index in [2.05, 4.69) is 10.3 Å². The molecule has 0 atom stereocenters. The van der Waals surface area contributed by atoms with Crippen LogP contribution in [-0.2, 0) is 11.4 Å². The fourth-order valence-electron chi connectivity index (χ4n) is 2.32. The second-order valence-corrected chi connectivity index (χ2v) is 5.68. The number of anilines is 1. The van der Waals surface area contributed by atoms with Crippen molar-refractivity contribution in [1.82, 2.24) is 4.98 Å². The lowest BCUT2D eigenvalue weighted by Gasteiger charge is -2.09. The Labute approximate surface area is 167 Å². The Morgan fingerprint density at radius 3 is 2.62 bits per heavy atom. The molecule has 1 aromatic heterocycles. The Kier molecular flexibility index (Phi) is 13.4. The van der Waals surface area contributed by atoms with E-state index in [4.69, 9.17) is 10.5 Å². The van der Waals surface area contributed by atoms with E-state index in [1.54, 1.807) is 12.4 Å². The molecule has 2 rings (SSSR count). The van der Waals surface area contributed by atoms with Gasteiger partial charge in [0.2, 0.25) is 5.91 Å². The zero-order chi connectivity index (χ0) is 17.0. The molecule has 144 valence electrons. The first-order valence-corrected chi connectivity index (χ1v) is 8.39. The summed E-state index contributed by atoms with van der Waals surface area (Å²) in [4.78, 5) is 16.0. The molecule has 3 N–H and O–H groups in total. The lowest BCUT2D eigenvalue weighted by molar-refractivity contribution is -0.116. The van der Waals surface area contributed by atoms with E-state index in [1.165, 1.54) is 0 Å². The number of unbranched alkanes of at least 4 members (excludes halogenated alkanes) is 3. The minimum Gasteiger partial charge on any atom is -0.489 e. The Morgan fingerprint density at radius 1 is 1.08 bits per heavy atom. The van der Waals surface area contributed by atoms with Crippen LogP contribution in [0.2, 0.25) is 0 Å². The van der Waals surface area contributed by atoms with Gasteiger partial charge in [-0.1, -0.05) is 25.0 Å². The standard InChI is InChI=1S/C19H25N3O2.2ClH/c20-11-4-2-1-3-10-19(23)22-17-8-5-9-18(13-17)24-15-16-7-6-12-21-14-16;;/h5-9,12-14H,1-4,10-11,15,20H2,(H,22,23);2*1H. The van der Waals surface area contributed by atoms with E-state index in [0.29, 0.717) is 13.0 Å². The van der Waals surface area contributed by atoms with E-state index in [0.717, 1.165) is 49.2 Å². The van der Waals surface area contributed by atoms with Crippen molar-refractivity contribution in [3.8, 4) is 5.75 Å². The highest BCUT2D eigenvalue weighted by molar-refractivity contribution is 5.90. The maximum Gasteiger partial charge on any atom is 0.224 e. The minimum atomic E-state index is 0. The molecule has 0 spiro atoms. The molecular formula is C19H27Cl2N3O2. The second kappa shape index (κ2) is 14.4. The van der Waals surface area contributed by atoms with E-state index in [9.17, 15) is 4.79 Å². The predicted molar refractivity (Wildman–Crippen MR) is 110 cm³/mol. The van der Waals surface area contributed by atoms with Crippen LogP contribution < -0.4 is 15.8 Å². The summed E-state index contributed by atoms with van der Waals surface area (Å²) in [6.45, 7) is 1.17. The van der Waals surface area contributed by atoms with Gasteiger partial charge in [-0.15, -0.1) is 24.8 Å². The van der Waals surface area contributed by atoms with Crippen LogP contribution >= 0.6 is 24.8 Å². The number of aromatic nitrogens is 1. The molecule has 0 unspecified atom stereocenters. The zero-order valence-electron chi connectivity index (χ0n) is 14.7. The van der Waals surface area contributed by atoms with Gasteiger partial charge in [0, 0.05) is 36.1 Å². The summed E-state index contributed by atoms with van der Waals surface area (Å²) >= 11 is 0. The Hall–Kier alpha value is -1.82. The number of rotatable bonds is 10. The summed E-state index contributed by atoms with van der Waals surface area (Å²) in [5.74, 6) is 0.756. The van der Waals surface area contributed by atoms with Crippen LogP contribution in [0.4, 0.5) is 5.69 Å². The van der Waals surface area contributed by atoms with Crippen molar-refractivity contribution >= 4 is 36.4 Å². The summed E-state index contributed by atoms with van der Waals surface area (Å²) in [5, 5.41) is 2.92. The third-order valence-corrected chi connectivity index (χ3v) is 3.60. The molecule has 7 heteroatoms. The monoisotopic (exact) mass is 399 g/mol. The van der Waals surface area contributed by atoms with Crippen LogP contribution in [0.25, 0.3) is 0 Å². The van der Waals surface area contributed by atoms with Crippen molar-refractivity contribution in [3.63, 3.8) is 0 Å². The van der Waals surface area contributed by atoms with Gasteiger partial charge >= 0.3 is 0 Å². The molecule has 0 saturated carbocycles. The molecule has 0 aliphatic rings. The minimum absolute atomic E-state index is 0. The van der Waals surface area contributed by atoms with Crippen molar-refractivity contribution in [2.45, 2.75) is 38.7 Å². The van der Waals surface area contributed by atoms with Crippen molar-refractivity contribution in [3.05, 3.63) is 54.4 Å². The lowest BCUT2D eigenvalue weighted by Crippen LogP contribution is -2.11. The predicted octanol–water partition coefficient (Wildman–Crippen LogP) is 4.35. The number of hydrogen-bond donors (Lipinski definition) is 2. The van der Waals surface area contributed by atoms with Gasteiger partial charge in [-0.2, -0.15) is 0 Å². The summed E-state index contributed by atoms with van der Waals surface area (Å²) in [5.41, 5.74) is 7.21. The van der Waals surface area contributed by atoms with Gasteiger partial charge in [0.05, 0.1) is 0 Å². The summed E-state index contributed by atoms with van der Waals surface area (Å²) < 4.78 is 5.74. The Morgan fingerprint density at radius 2 is 1.88 bits per heavy atom. The largest absolute Gasteiger partial charge is 0.489 e. The number of nitrogens with one attached hydrogen (secondary N) is 1. The molecule has 0 saturated heterocycles. The highest BCUT2D eigenvalue weighted by Crippen LogP contribution is 2.19. The highest BCUT2D eigenvalue weighted by Gasteiger charge is 2.04. The van der Waals surface area contributed by atoms with Crippen molar-refractivity contribution in [1.29, 1.82) is 0 Å². The molecule has 1 heterocycles. The number of carbonyl (C=O) groups is 1. The van der Waals surface area contributed by atoms with Gasteiger partial charge < -0.3 is 15.8 Å². The number of nitrogens with two attached hydrogens (primary N) is 1. The van der Waals surface area contributed by atoms with Crippen LogP contribution in [0.5, 0.6) is 5.75 Å². The quantitative estimate of drug-likeness (QED) is 0.582. The van der Waals surface area contributed by atoms with Gasteiger partial charge in [-0.05, 0) is 37.6 Å². The van der Waals surface area contributed by atoms with Crippen LogP contribution in [0, 0.1) is 0 Å². The summed E-state index contributed by atoms with van der Waals surface area (Å²) in [7, 11) is 0. The van der Waals surface area contributed by atoms with Crippen molar-refractivity contribution < 1.29 is 9.53 Å². The van der Waals surface area contributed by atoms with Crippen LogP contribution in [0.1, 0.15) is 37.7 Å². The van der Waals surface area contributed by atoms with Crippen LogP contribution in [0.15, 0.2) is 48.8 Å². The van der Waals surface area contributed by atoms with Gasteiger partial charge in [0.1, 0.15) is 12.4 Å². The number of ether oxygens (including phenoxy) is 1. The number of hydrogen-bond acceptors (Lipinski definition) is 4. The number of carbonyl (C=O) groups excluding carboxylic acids is 1. The van der Waals surface area contributed by atoms with Gasteiger partial charge in [-0.25, -0.2) is 0 Å². The molecule has 0 aliphatic carbocycles.